The van der Waals surface area contributed by atoms with Crippen molar-refractivity contribution < 1.29 is 9.53 Å². The van der Waals surface area contributed by atoms with Crippen LogP contribution in [0.25, 0.3) is 0 Å². The van der Waals surface area contributed by atoms with Crippen molar-refractivity contribution in [2.75, 3.05) is 43.5 Å². The first-order chi connectivity index (χ1) is 13.0. The third kappa shape index (κ3) is 4.39. The van der Waals surface area contributed by atoms with Gasteiger partial charge in [-0.05, 0) is 49.8 Å². The van der Waals surface area contributed by atoms with Gasteiger partial charge in [-0.25, -0.2) is 4.79 Å². The van der Waals surface area contributed by atoms with Crippen molar-refractivity contribution in [2.24, 2.45) is 0 Å². The fourth-order valence-corrected chi connectivity index (χ4v) is 3.68. The number of piperazine rings is 1. The standard InChI is InChI=1S/C21H25N3O2S/c1-15-8-9-19(16(2)14-15)23-10-12-24(13-11-23)21(27)22-18-7-5-4-6-17(18)20(25)26-3/h4-9,14H,10-13H2,1-3H3,(H,22,27). The summed E-state index contributed by atoms with van der Waals surface area (Å²) in [7, 11) is 1.38. The van der Waals surface area contributed by atoms with Gasteiger partial charge in [0.2, 0.25) is 0 Å². The van der Waals surface area contributed by atoms with Gasteiger partial charge < -0.3 is 19.9 Å². The topological polar surface area (TPSA) is 44.8 Å². The zero-order valence-electron chi connectivity index (χ0n) is 16.0. The molecule has 27 heavy (non-hydrogen) atoms. The van der Waals surface area contributed by atoms with Gasteiger partial charge in [-0.15, -0.1) is 0 Å². The molecule has 0 spiro atoms. The van der Waals surface area contributed by atoms with Crippen LogP contribution in [0.2, 0.25) is 0 Å². The van der Waals surface area contributed by atoms with Crippen molar-refractivity contribution in [3.8, 4) is 0 Å². The fourth-order valence-electron chi connectivity index (χ4n) is 3.38. The normalized spacial score (nSPS) is 14.0. The third-order valence-corrected chi connectivity index (χ3v) is 5.19. The Morgan fingerprint density at radius 1 is 1.07 bits per heavy atom. The van der Waals surface area contributed by atoms with Gasteiger partial charge in [0, 0.05) is 31.9 Å². The lowest BCUT2D eigenvalue weighted by molar-refractivity contribution is 0.0602. The number of hydrogen-bond acceptors (Lipinski definition) is 4. The number of carbonyl (C=O) groups excluding carboxylic acids is 1. The number of carbonyl (C=O) groups is 1. The van der Waals surface area contributed by atoms with Crippen LogP contribution in [0, 0.1) is 13.8 Å². The van der Waals surface area contributed by atoms with E-state index in [2.05, 4.69) is 47.2 Å². The maximum absolute atomic E-state index is 11.9. The van der Waals surface area contributed by atoms with Crippen LogP contribution < -0.4 is 10.2 Å². The van der Waals surface area contributed by atoms with Gasteiger partial charge in [0.15, 0.2) is 5.11 Å². The van der Waals surface area contributed by atoms with Crippen molar-refractivity contribution >= 4 is 34.7 Å². The van der Waals surface area contributed by atoms with Crippen LogP contribution >= 0.6 is 12.2 Å². The van der Waals surface area contributed by atoms with Crippen molar-refractivity contribution in [3.63, 3.8) is 0 Å². The Balaban J connectivity index is 1.63. The number of ether oxygens (including phenoxy) is 1. The molecule has 0 atom stereocenters. The summed E-state index contributed by atoms with van der Waals surface area (Å²) in [4.78, 5) is 16.5. The molecule has 0 radical (unpaired) electrons. The number of anilines is 2. The first-order valence-corrected chi connectivity index (χ1v) is 9.46. The van der Waals surface area contributed by atoms with E-state index in [1.165, 1.54) is 23.9 Å². The van der Waals surface area contributed by atoms with Gasteiger partial charge in [0.1, 0.15) is 0 Å². The van der Waals surface area contributed by atoms with E-state index in [0.717, 1.165) is 26.2 Å². The summed E-state index contributed by atoms with van der Waals surface area (Å²) in [5, 5.41) is 3.84. The molecule has 1 N–H and O–H groups in total. The van der Waals surface area contributed by atoms with Crippen LogP contribution in [0.1, 0.15) is 21.5 Å². The zero-order valence-corrected chi connectivity index (χ0v) is 16.8. The van der Waals surface area contributed by atoms with Crippen molar-refractivity contribution in [2.45, 2.75) is 13.8 Å². The summed E-state index contributed by atoms with van der Waals surface area (Å²) in [6.07, 6.45) is 0. The molecule has 0 amide bonds. The van der Waals surface area contributed by atoms with E-state index in [0.29, 0.717) is 16.4 Å². The van der Waals surface area contributed by atoms with Gasteiger partial charge in [-0.3, -0.25) is 0 Å². The van der Waals surface area contributed by atoms with E-state index in [1.807, 2.05) is 18.2 Å². The van der Waals surface area contributed by atoms with Crippen LogP contribution in [0.15, 0.2) is 42.5 Å². The fraction of sp³-hybridized carbons (Fsp3) is 0.333. The highest BCUT2D eigenvalue weighted by molar-refractivity contribution is 7.80. The molecule has 1 saturated heterocycles. The van der Waals surface area contributed by atoms with E-state index in [9.17, 15) is 4.79 Å². The van der Waals surface area contributed by atoms with E-state index >= 15 is 0 Å². The molecule has 0 aromatic heterocycles. The minimum absolute atomic E-state index is 0.374. The Morgan fingerprint density at radius 3 is 2.44 bits per heavy atom. The molecule has 2 aromatic rings. The molecule has 0 unspecified atom stereocenters. The Hall–Kier alpha value is -2.60. The van der Waals surface area contributed by atoms with E-state index in [-0.39, 0.29) is 5.97 Å². The van der Waals surface area contributed by atoms with Gasteiger partial charge >= 0.3 is 5.97 Å². The molecule has 6 heteroatoms. The molecule has 0 bridgehead atoms. The molecule has 0 saturated carbocycles. The quantitative estimate of drug-likeness (QED) is 0.645. The summed E-state index contributed by atoms with van der Waals surface area (Å²) in [6.45, 7) is 7.75. The molecule has 0 aliphatic carbocycles. The molecule has 3 rings (SSSR count). The van der Waals surface area contributed by atoms with Gasteiger partial charge in [0.25, 0.3) is 0 Å². The van der Waals surface area contributed by atoms with Gasteiger partial charge in [-0.1, -0.05) is 29.8 Å². The van der Waals surface area contributed by atoms with Crippen LogP contribution in [0.3, 0.4) is 0 Å². The van der Waals surface area contributed by atoms with E-state index < -0.39 is 0 Å². The number of methoxy groups -OCH3 is 1. The summed E-state index contributed by atoms with van der Waals surface area (Å²) < 4.78 is 4.84. The van der Waals surface area contributed by atoms with Crippen LogP contribution in [0.5, 0.6) is 0 Å². The molecule has 1 fully saturated rings. The number of para-hydroxylation sites is 1. The highest BCUT2D eigenvalue weighted by Gasteiger charge is 2.21. The predicted molar refractivity (Wildman–Crippen MR) is 114 cm³/mol. The molecule has 1 aliphatic rings. The first kappa shape index (κ1) is 19.2. The maximum Gasteiger partial charge on any atom is 0.339 e. The minimum atomic E-state index is -0.374. The third-order valence-electron chi connectivity index (χ3n) is 4.83. The molecular formula is C21H25N3O2S. The number of nitrogens with one attached hydrogen (secondary N) is 1. The Bertz CT molecular complexity index is 845. The van der Waals surface area contributed by atoms with E-state index in [4.69, 9.17) is 17.0 Å². The SMILES string of the molecule is COC(=O)c1ccccc1NC(=S)N1CCN(c2ccc(C)cc2C)CC1. The van der Waals surface area contributed by atoms with E-state index in [1.54, 1.807) is 6.07 Å². The summed E-state index contributed by atoms with van der Waals surface area (Å²) in [5.41, 5.74) is 5.03. The molecule has 142 valence electrons. The molecule has 1 aliphatic heterocycles. The second-order valence-corrected chi connectivity index (χ2v) is 7.12. The Kier molecular flexibility index (Phi) is 5.96. The number of esters is 1. The molecule has 2 aromatic carbocycles. The summed E-state index contributed by atoms with van der Waals surface area (Å²) in [6, 6.07) is 13.8. The Morgan fingerprint density at radius 2 is 1.78 bits per heavy atom. The number of benzene rings is 2. The van der Waals surface area contributed by atoms with Crippen molar-refractivity contribution in [3.05, 3.63) is 59.2 Å². The first-order valence-electron chi connectivity index (χ1n) is 9.05. The predicted octanol–water partition coefficient (Wildman–Crippen LogP) is 3.61. The smallest absolute Gasteiger partial charge is 0.339 e. The van der Waals surface area contributed by atoms with Crippen LogP contribution in [-0.2, 0) is 4.74 Å². The lowest BCUT2D eigenvalue weighted by atomic mass is 10.1. The number of nitrogens with zero attached hydrogens (tertiary/aromatic N) is 2. The van der Waals surface area contributed by atoms with Crippen LogP contribution in [-0.4, -0.2) is 49.3 Å². The highest BCUT2D eigenvalue weighted by atomic mass is 32.1. The van der Waals surface area contributed by atoms with Crippen LogP contribution in [0.4, 0.5) is 11.4 Å². The second-order valence-electron chi connectivity index (χ2n) is 6.73. The zero-order chi connectivity index (χ0) is 19.4. The average molecular weight is 384 g/mol. The number of aryl methyl sites for hydroxylation is 2. The number of thiocarbonyl (C=S) groups is 1. The second kappa shape index (κ2) is 8.39. The highest BCUT2D eigenvalue weighted by Crippen LogP contribution is 2.23. The summed E-state index contributed by atoms with van der Waals surface area (Å²) >= 11 is 5.58. The number of hydrogen-bond donors (Lipinski definition) is 1. The average Bonchev–Trinajstić information content (AvgIpc) is 2.68. The molecular weight excluding hydrogens is 358 g/mol. The lowest BCUT2D eigenvalue weighted by Crippen LogP contribution is -2.50. The Labute approximate surface area is 165 Å². The largest absolute Gasteiger partial charge is 0.465 e. The molecule has 5 nitrogen and oxygen atoms in total. The minimum Gasteiger partial charge on any atom is -0.465 e. The van der Waals surface area contributed by atoms with Gasteiger partial charge in [-0.2, -0.15) is 0 Å². The molecule has 1 heterocycles. The van der Waals surface area contributed by atoms with Gasteiger partial charge in [0.05, 0.1) is 18.4 Å². The lowest BCUT2D eigenvalue weighted by Gasteiger charge is -2.38. The number of rotatable bonds is 3. The van der Waals surface area contributed by atoms with Crippen molar-refractivity contribution in [1.29, 1.82) is 0 Å². The monoisotopic (exact) mass is 383 g/mol. The summed E-state index contributed by atoms with van der Waals surface area (Å²) in [5.74, 6) is -0.374. The van der Waals surface area contributed by atoms with Crippen molar-refractivity contribution in [1.82, 2.24) is 4.90 Å². The maximum atomic E-state index is 11.9.